The molecule has 0 saturated carbocycles. The summed E-state index contributed by atoms with van der Waals surface area (Å²) in [5.74, 6) is 1.90. The van der Waals surface area contributed by atoms with Crippen molar-refractivity contribution in [1.82, 2.24) is 4.90 Å². The van der Waals surface area contributed by atoms with Crippen molar-refractivity contribution in [3.8, 4) is 17.2 Å². The lowest BCUT2D eigenvalue weighted by molar-refractivity contribution is 0.0821. The molecule has 27 heavy (non-hydrogen) atoms. The number of carbonyl (C=O) groups excluding carboxylic acids is 1. The van der Waals surface area contributed by atoms with Crippen LogP contribution in [0, 0.1) is 0 Å². The van der Waals surface area contributed by atoms with E-state index >= 15 is 0 Å². The standard InChI is InChI=1S/C22H27NO4/c1-5-23(6-2)14-15-8-7-9-17(10-15)27-21-12-16-11-19(25-3)20(26-4)13-18(16)22(21)24/h7-11,13,21H,5-6,12,14H2,1-4H3. The number of Topliss-reactive ketones (excluding diaryl/α,β-unsaturated/α-hetero) is 1. The molecule has 0 radical (unpaired) electrons. The topological polar surface area (TPSA) is 48.0 Å². The van der Waals surface area contributed by atoms with Crippen molar-refractivity contribution in [2.24, 2.45) is 0 Å². The van der Waals surface area contributed by atoms with Gasteiger partial charge in [-0.15, -0.1) is 0 Å². The Morgan fingerprint density at radius 2 is 1.74 bits per heavy atom. The number of carbonyl (C=O) groups is 1. The number of ketones is 1. The van der Waals surface area contributed by atoms with Crippen LogP contribution in [0.1, 0.15) is 35.3 Å². The first-order valence-electron chi connectivity index (χ1n) is 9.36. The van der Waals surface area contributed by atoms with Gasteiger partial charge in [-0.05, 0) is 48.5 Å². The second kappa shape index (κ2) is 8.44. The molecule has 2 aromatic carbocycles. The van der Waals surface area contributed by atoms with Crippen molar-refractivity contribution < 1.29 is 19.0 Å². The number of fused-ring (bicyclic) bond motifs is 1. The lowest BCUT2D eigenvalue weighted by Gasteiger charge is -2.19. The molecule has 0 N–H and O–H groups in total. The number of ether oxygens (including phenoxy) is 3. The quantitative estimate of drug-likeness (QED) is 0.710. The van der Waals surface area contributed by atoms with Gasteiger partial charge in [0.1, 0.15) is 5.75 Å². The van der Waals surface area contributed by atoms with Crippen molar-refractivity contribution in [1.29, 1.82) is 0 Å². The van der Waals surface area contributed by atoms with E-state index in [1.54, 1.807) is 20.3 Å². The Labute approximate surface area is 160 Å². The van der Waals surface area contributed by atoms with E-state index in [0.717, 1.165) is 30.9 Å². The maximum absolute atomic E-state index is 12.8. The van der Waals surface area contributed by atoms with E-state index in [4.69, 9.17) is 14.2 Å². The molecule has 1 aliphatic rings. The summed E-state index contributed by atoms with van der Waals surface area (Å²) < 4.78 is 16.7. The van der Waals surface area contributed by atoms with Crippen LogP contribution < -0.4 is 14.2 Å². The number of benzene rings is 2. The fraction of sp³-hybridized carbons (Fsp3) is 0.409. The van der Waals surface area contributed by atoms with E-state index in [1.165, 1.54) is 5.56 Å². The van der Waals surface area contributed by atoms with Crippen LogP contribution in [0.4, 0.5) is 0 Å². The average molecular weight is 369 g/mol. The molecule has 5 nitrogen and oxygen atoms in total. The van der Waals surface area contributed by atoms with E-state index in [-0.39, 0.29) is 5.78 Å². The van der Waals surface area contributed by atoms with Crippen LogP contribution in [0.25, 0.3) is 0 Å². The fourth-order valence-electron chi connectivity index (χ4n) is 3.47. The Balaban J connectivity index is 1.76. The SMILES string of the molecule is CCN(CC)Cc1cccc(OC2Cc3cc(OC)c(OC)cc3C2=O)c1. The van der Waals surface area contributed by atoms with E-state index in [9.17, 15) is 4.79 Å². The minimum absolute atomic E-state index is 0.0138. The monoisotopic (exact) mass is 369 g/mol. The lowest BCUT2D eigenvalue weighted by Crippen LogP contribution is -2.24. The van der Waals surface area contributed by atoms with E-state index < -0.39 is 6.10 Å². The number of hydrogen-bond donors (Lipinski definition) is 0. The highest BCUT2D eigenvalue weighted by Gasteiger charge is 2.33. The van der Waals surface area contributed by atoms with Crippen LogP contribution in [0.15, 0.2) is 36.4 Å². The molecular weight excluding hydrogens is 342 g/mol. The first-order chi connectivity index (χ1) is 13.1. The molecule has 2 aromatic rings. The molecule has 3 rings (SSSR count). The normalized spacial score (nSPS) is 15.7. The second-order valence-corrected chi connectivity index (χ2v) is 6.65. The molecule has 0 aliphatic heterocycles. The zero-order valence-corrected chi connectivity index (χ0v) is 16.5. The highest BCUT2D eigenvalue weighted by molar-refractivity contribution is 6.04. The van der Waals surface area contributed by atoms with Gasteiger partial charge in [-0.1, -0.05) is 26.0 Å². The number of rotatable bonds is 8. The van der Waals surface area contributed by atoms with Crippen LogP contribution in [-0.2, 0) is 13.0 Å². The van der Waals surface area contributed by atoms with Gasteiger partial charge in [-0.25, -0.2) is 0 Å². The molecule has 0 amide bonds. The molecule has 5 heteroatoms. The zero-order chi connectivity index (χ0) is 19.4. The van der Waals surface area contributed by atoms with Gasteiger partial charge in [0.15, 0.2) is 17.6 Å². The molecule has 0 fully saturated rings. The van der Waals surface area contributed by atoms with Gasteiger partial charge in [0.2, 0.25) is 5.78 Å². The van der Waals surface area contributed by atoms with Crippen LogP contribution in [0.3, 0.4) is 0 Å². The minimum Gasteiger partial charge on any atom is -0.493 e. The number of methoxy groups -OCH3 is 2. The van der Waals surface area contributed by atoms with Crippen LogP contribution in [0.5, 0.6) is 17.2 Å². The largest absolute Gasteiger partial charge is 0.493 e. The third-order valence-electron chi connectivity index (χ3n) is 5.05. The molecule has 0 spiro atoms. The van der Waals surface area contributed by atoms with Gasteiger partial charge in [0.25, 0.3) is 0 Å². The molecule has 1 aliphatic carbocycles. The molecular formula is C22H27NO4. The van der Waals surface area contributed by atoms with Crippen molar-refractivity contribution in [2.45, 2.75) is 32.9 Å². The van der Waals surface area contributed by atoms with Crippen LogP contribution in [-0.4, -0.2) is 44.1 Å². The summed E-state index contributed by atoms with van der Waals surface area (Å²) in [6, 6.07) is 11.6. The first-order valence-corrected chi connectivity index (χ1v) is 9.36. The van der Waals surface area contributed by atoms with Crippen molar-refractivity contribution in [3.63, 3.8) is 0 Å². The fourth-order valence-corrected chi connectivity index (χ4v) is 3.47. The van der Waals surface area contributed by atoms with Gasteiger partial charge < -0.3 is 14.2 Å². The lowest BCUT2D eigenvalue weighted by atomic mass is 10.1. The highest BCUT2D eigenvalue weighted by atomic mass is 16.5. The van der Waals surface area contributed by atoms with E-state index in [1.807, 2.05) is 24.3 Å². The first kappa shape index (κ1) is 19.2. The summed E-state index contributed by atoms with van der Waals surface area (Å²) in [5, 5.41) is 0. The second-order valence-electron chi connectivity index (χ2n) is 6.65. The molecule has 0 saturated heterocycles. The van der Waals surface area contributed by atoms with Crippen LogP contribution in [0.2, 0.25) is 0 Å². The molecule has 144 valence electrons. The van der Waals surface area contributed by atoms with Gasteiger partial charge in [0.05, 0.1) is 14.2 Å². The summed E-state index contributed by atoms with van der Waals surface area (Å²) in [5.41, 5.74) is 2.77. The van der Waals surface area contributed by atoms with Crippen molar-refractivity contribution in [2.75, 3.05) is 27.3 Å². The Bertz CT molecular complexity index is 814. The average Bonchev–Trinajstić information content (AvgIpc) is 2.99. The molecule has 1 atom stereocenters. The Morgan fingerprint density at radius 3 is 2.41 bits per heavy atom. The third-order valence-corrected chi connectivity index (χ3v) is 5.05. The minimum atomic E-state index is -0.513. The van der Waals surface area contributed by atoms with E-state index in [2.05, 4.69) is 24.8 Å². The Kier molecular flexibility index (Phi) is 6.01. The van der Waals surface area contributed by atoms with Gasteiger partial charge in [0, 0.05) is 18.5 Å². The number of nitrogens with zero attached hydrogens (tertiary/aromatic N) is 1. The van der Waals surface area contributed by atoms with Gasteiger partial charge in [-0.2, -0.15) is 0 Å². The van der Waals surface area contributed by atoms with E-state index in [0.29, 0.717) is 23.5 Å². The third kappa shape index (κ3) is 4.08. The van der Waals surface area contributed by atoms with Crippen LogP contribution >= 0.6 is 0 Å². The summed E-state index contributed by atoms with van der Waals surface area (Å²) in [6.07, 6.45) is 0.0231. The van der Waals surface area contributed by atoms with Gasteiger partial charge >= 0.3 is 0 Å². The maximum atomic E-state index is 12.8. The van der Waals surface area contributed by atoms with Crippen molar-refractivity contribution in [3.05, 3.63) is 53.1 Å². The predicted molar refractivity (Wildman–Crippen MR) is 105 cm³/mol. The highest BCUT2D eigenvalue weighted by Crippen LogP contribution is 2.36. The Hall–Kier alpha value is -2.53. The number of hydrogen-bond acceptors (Lipinski definition) is 5. The predicted octanol–water partition coefficient (Wildman–Crippen LogP) is 3.73. The zero-order valence-electron chi connectivity index (χ0n) is 16.5. The summed E-state index contributed by atoms with van der Waals surface area (Å²) in [7, 11) is 3.16. The Morgan fingerprint density at radius 1 is 1.04 bits per heavy atom. The summed E-state index contributed by atoms with van der Waals surface area (Å²) >= 11 is 0. The summed E-state index contributed by atoms with van der Waals surface area (Å²) in [6.45, 7) is 7.18. The summed E-state index contributed by atoms with van der Waals surface area (Å²) in [4.78, 5) is 15.1. The van der Waals surface area contributed by atoms with Gasteiger partial charge in [-0.3, -0.25) is 9.69 Å². The molecule has 0 heterocycles. The molecule has 0 bridgehead atoms. The maximum Gasteiger partial charge on any atom is 0.204 e. The molecule has 1 unspecified atom stereocenters. The molecule has 0 aromatic heterocycles. The van der Waals surface area contributed by atoms with Crippen molar-refractivity contribution >= 4 is 5.78 Å². The smallest absolute Gasteiger partial charge is 0.204 e.